The molecule has 2 N–H and O–H groups in total. The lowest BCUT2D eigenvalue weighted by Crippen LogP contribution is -2.09. The Morgan fingerprint density at radius 3 is 0.387 bits per heavy atom. The third-order valence-electron chi connectivity index (χ3n) is 14.5. The Labute approximate surface area is 394 Å². The first-order valence-electron chi connectivity index (χ1n) is 30.1. The number of hydrogen-bond acceptors (Lipinski definition) is 1. The number of hydrogen-bond donors (Lipinski definition) is 1. The first-order chi connectivity index (χ1) is 30.8. The Morgan fingerprint density at radius 2 is 0.290 bits per heavy atom. The largest absolute Gasteiger partial charge is 0.370 e. The fraction of sp³-hybridized carbons (Fsp3) is 0.983. The molecule has 0 aromatic rings. The SMILES string of the molecule is CCCCCCCCCCCCCCCCCCCCCCCCCCCCCCCCCCCCCCCCCCCCCCCCCCCCCCCCCCCC(N)=O. The Hall–Kier alpha value is -0.530. The summed E-state index contributed by atoms with van der Waals surface area (Å²) in [5, 5.41) is 0. The van der Waals surface area contributed by atoms with Crippen LogP contribution < -0.4 is 5.73 Å². The van der Waals surface area contributed by atoms with Gasteiger partial charge in [0, 0.05) is 6.42 Å². The molecule has 2 heteroatoms. The van der Waals surface area contributed by atoms with Crippen molar-refractivity contribution in [2.75, 3.05) is 0 Å². The number of nitrogens with two attached hydrogens (primary N) is 1. The molecule has 62 heavy (non-hydrogen) atoms. The molecule has 0 atom stereocenters. The maximum absolute atomic E-state index is 10.7. The van der Waals surface area contributed by atoms with E-state index in [0.717, 1.165) is 6.42 Å². The smallest absolute Gasteiger partial charge is 0.217 e. The number of rotatable bonds is 58. The fourth-order valence-corrected chi connectivity index (χ4v) is 10.1. The van der Waals surface area contributed by atoms with Crippen molar-refractivity contribution in [3.8, 4) is 0 Å². The van der Waals surface area contributed by atoms with Crippen LogP contribution in [-0.2, 0) is 4.79 Å². The summed E-state index contributed by atoms with van der Waals surface area (Å²) < 4.78 is 0. The second kappa shape index (κ2) is 58.5. The van der Waals surface area contributed by atoms with Crippen LogP contribution in [0.1, 0.15) is 379 Å². The third kappa shape index (κ3) is 59.5. The monoisotopic (exact) mass is 872 g/mol. The zero-order valence-electron chi connectivity index (χ0n) is 43.5. The van der Waals surface area contributed by atoms with Gasteiger partial charge in [-0.3, -0.25) is 4.79 Å². The standard InChI is InChI=1S/C60H121NO/c1-2-3-4-5-6-7-8-9-10-11-12-13-14-15-16-17-18-19-20-21-22-23-24-25-26-27-28-29-30-31-32-33-34-35-36-37-38-39-40-41-42-43-44-45-46-47-48-49-50-51-52-53-54-55-56-57-58-59-60(61)62/h2-59H2,1H3,(H2,61,62). The van der Waals surface area contributed by atoms with E-state index in [2.05, 4.69) is 6.92 Å². The number of amides is 1. The van der Waals surface area contributed by atoms with E-state index in [0.29, 0.717) is 6.42 Å². The minimum Gasteiger partial charge on any atom is -0.370 e. The summed E-state index contributed by atoms with van der Waals surface area (Å²) in [6, 6.07) is 0. The molecule has 0 heterocycles. The summed E-state index contributed by atoms with van der Waals surface area (Å²) in [4.78, 5) is 10.7. The van der Waals surface area contributed by atoms with Gasteiger partial charge in [-0.25, -0.2) is 0 Å². The lowest BCUT2D eigenvalue weighted by molar-refractivity contribution is -0.118. The molecule has 0 saturated heterocycles. The summed E-state index contributed by atoms with van der Waals surface area (Å²) in [7, 11) is 0. The molecule has 0 fully saturated rings. The van der Waals surface area contributed by atoms with Gasteiger partial charge in [0.25, 0.3) is 0 Å². The van der Waals surface area contributed by atoms with Crippen LogP contribution in [0.4, 0.5) is 0 Å². The van der Waals surface area contributed by atoms with Crippen LogP contribution in [0.25, 0.3) is 0 Å². The molecule has 0 unspecified atom stereocenters. The minimum absolute atomic E-state index is 0.145. The summed E-state index contributed by atoms with van der Waals surface area (Å²) in [5.41, 5.74) is 5.20. The van der Waals surface area contributed by atoms with E-state index in [4.69, 9.17) is 5.73 Å². The molecule has 0 spiro atoms. The van der Waals surface area contributed by atoms with Gasteiger partial charge in [0.1, 0.15) is 0 Å². The van der Waals surface area contributed by atoms with Crippen LogP contribution in [0.2, 0.25) is 0 Å². The van der Waals surface area contributed by atoms with Crippen molar-refractivity contribution in [1.29, 1.82) is 0 Å². The molecule has 0 aliphatic heterocycles. The zero-order valence-corrected chi connectivity index (χ0v) is 43.5. The normalized spacial score (nSPS) is 11.6. The summed E-state index contributed by atoms with van der Waals surface area (Å²) in [6.45, 7) is 2.31. The van der Waals surface area contributed by atoms with E-state index in [9.17, 15) is 4.79 Å². The van der Waals surface area contributed by atoms with Crippen LogP contribution >= 0.6 is 0 Å². The van der Waals surface area contributed by atoms with E-state index >= 15 is 0 Å². The van der Waals surface area contributed by atoms with Gasteiger partial charge in [-0.1, -0.05) is 366 Å². The molecule has 0 bridgehead atoms. The Morgan fingerprint density at radius 1 is 0.194 bits per heavy atom. The summed E-state index contributed by atoms with van der Waals surface area (Å²) in [6.07, 6.45) is 83.6. The average Bonchev–Trinajstić information content (AvgIpc) is 3.27. The van der Waals surface area contributed by atoms with Crippen molar-refractivity contribution in [3.05, 3.63) is 0 Å². The van der Waals surface area contributed by atoms with Gasteiger partial charge in [0.2, 0.25) is 5.91 Å². The maximum atomic E-state index is 10.7. The van der Waals surface area contributed by atoms with Crippen LogP contribution in [0, 0.1) is 0 Å². The van der Waals surface area contributed by atoms with Gasteiger partial charge in [0.05, 0.1) is 0 Å². The first-order valence-corrected chi connectivity index (χ1v) is 30.1. The molecule has 0 aromatic heterocycles. The lowest BCUT2D eigenvalue weighted by atomic mass is 10.0. The van der Waals surface area contributed by atoms with Crippen LogP contribution in [0.15, 0.2) is 0 Å². The van der Waals surface area contributed by atoms with Gasteiger partial charge >= 0.3 is 0 Å². The van der Waals surface area contributed by atoms with Gasteiger partial charge < -0.3 is 5.73 Å². The van der Waals surface area contributed by atoms with Gasteiger partial charge in [-0.05, 0) is 6.42 Å². The second-order valence-corrected chi connectivity index (χ2v) is 21.0. The van der Waals surface area contributed by atoms with Gasteiger partial charge in [0.15, 0.2) is 0 Å². The molecule has 0 saturated carbocycles. The highest BCUT2D eigenvalue weighted by atomic mass is 16.1. The summed E-state index contributed by atoms with van der Waals surface area (Å²) >= 11 is 0. The predicted octanol–water partition coefficient (Wildman–Crippen LogP) is 22.1. The summed E-state index contributed by atoms with van der Waals surface area (Å²) in [5.74, 6) is -0.145. The van der Waals surface area contributed by atoms with Crippen LogP contribution in [-0.4, -0.2) is 5.91 Å². The number of carbonyl (C=O) groups excluding carboxylic acids is 1. The van der Waals surface area contributed by atoms with Gasteiger partial charge in [-0.15, -0.1) is 0 Å². The Bertz CT molecular complexity index is 779. The van der Waals surface area contributed by atoms with Crippen molar-refractivity contribution >= 4 is 5.91 Å². The number of primary amides is 1. The highest BCUT2D eigenvalue weighted by Gasteiger charge is 2.00. The first kappa shape index (κ1) is 61.5. The average molecular weight is 873 g/mol. The molecule has 0 radical (unpaired) electrons. The Kier molecular flexibility index (Phi) is 58.0. The molecular weight excluding hydrogens is 751 g/mol. The van der Waals surface area contributed by atoms with Crippen molar-refractivity contribution in [2.24, 2.45) is 5.73 Å². The van der Waals surface area contributed by atoms with E-state index in [1.807, 2.05) is 0 Å². The molecule has 372 valence electrons. The molecule has 0 aliphatic rings. The van der Waals surface area contributed by atoms with Crippen LogP contribution in [0.5, 0.6) is 0 Å². The highest BCUT2D eigenvalue weighted by Crippen LogP contribution is 2.19. The number of carbonyl (C=O) groups is 1. The molecule has 0 aliphatic carbocycles. The van der Waals surface area contributed by atoms with E-state index in [1.54, 1.807) is 0 Å². The predicted molar refractivity (Wildman–Crippen MR) is 283 cm³/mol. The fourth-order valence-electron chi connectivity index (χ4n) is 10.1. The topological polar surface area (TPSA) is 43.1 Å². The molecule has 0 aromatic carbocycles. The molecule has 1 amide bonds. The lowest BCUT2D eigenvalue weighted by Gasteiger charge is -2.05. The second-order valence-electron chi connectivity index (χ2n) is 21.0. The zero-order chi connectivity index (χ0) is 44.6. The minimum atomic E-state index is -0.145. The van der Waals surface area contributed by atoms with Crippen molar-refractivity contribution in [1.82, 2.24) is 0 Å². The van der Waals surface area contributed by atoms with E-state index in [1.165, 1.54) is 360 Å². The van der Waals surface area contributed by atoms with E-state index < -0.39 is 0 Å². The third-order valence-corrected chi connectivity index (χ3v) is 14.5. The molecule has 0 rings (SSSR count). The van der Waals surface area contributed by atoms with Crippen molar-refractivity contribution in [3.63, 3.8) is 0 Å². The molecular formula is C60H121NO. The van der Waals surface area contributed by atoms with Gasteiger partial charge in [-0.2, -0.15) is 0 Å². The maximum Gasteiger partial charge on any atom is 0.217 e. The number of unbranched alkanes of at least 4 members (excludes halogenated alkanes) is 56. The van der Waals surface area contributed by atoms with Crippen molar-refractivity contribution < 1.29 is 4.79 Å². The Balaban J connectivity index is 3.06. The van der Waals surface area contributed by atoms with Crippen molar-refractivity contribution in [2.45, 2.75) is 379 Å². The molecule has 2 nitrogen and oxygen atoms in total. The quantitative estimate of drug-likeness (QED) is 0.0608. The van der Waals surface area contributed by atoms with E-state index in [-0.39, 0.29) is 5.91 Å². The van der Waals surface area contributed by atoms with Crippen LogP contribution in [0.3, 0.4) is 0 Å². The highest BCUT2D eigenvalue weighted by molar-refractivity contribution is 5.73.